The van der Waals surface area contributed by atoms with E-state index in [1.807, 2.05) is 0 Å². The van der Waals surface area contributed by atoms with Crippen LogP contribution in [0.5, 0.6) is 17.2 Å². The van der Waals surface area contributed by atoms with Gasteiger partial charge >= 0.3 is 12.1 Å². The Hall–Kier alpha value is -3.86. The van der Waals surface area contributed by atoms with Crippen molar-refractivity contribution in [2.45, 2.75) is 6.18 Å². The molecule has 3 aromatic rings. The molecule has 33 heavy (non-hydrogen) atoms. The number of esters is 1. The number of carbonyl (C=O) groups excluding carboxylic acids is 1. The molecule has 0 aliphatic rings. The van der Waals surface area contributed by atoms with Gasteiger partial charge in [0.1, 0.15) is 0 Å². The number of pyridine rings is 1. The van der Waals surface area contributed by atoms with E-state index < -0.39 is 23.3 Å². The molecule has 12 heteroatoms. The molecule has 0 aliphatic carbocycles. The van der Waals surface area contributed by atoms with E-state index in [1.54, 1.807) is 12.1 Å². The van der Waals surface area contributed by atoms with E-state index in [0.29, 0.717) is 11.8 Å². The molecule has 2 aromatic heterocycles. The van der Waals surface area contributed by atoms with Gasteiger partial charge in [-0.1, -0.05) is 17.7 Å². The van der Waals surface area contributed by atoms with Crippen LogP contribution in [0.15, 0.2) is 53.6 Å². The molecular weight excluding hydrogens is 467 g/mol. The van der Waals surface area contributed by atoms with E-state index in [-0.39, 0.29) is 28.1 Å². The van der Waals surface area contributed by atoms with Gasteiger partial charge in [0.15, 0.2) is 28.1 Å². The zero-order valence-electron chi connectivity index (χ0n) is 17.1. The van der Waals surface area contributed by atoms with Crippen LogP contribution in [0.1, 0.15) is 11.1 Å². The van der Waals surface area contributed by atoms with Crippen LogP contribution in [0.4, 0.5) is 13.2 Å². The number of aromatic nitrogens is 3. The van der Waals surface area contributed by atoms with Crippen LogP contribution < -0.4 is 15.0 Å². The van der Waals surface area contributed by atoms with Crippen molar-refractivity contribution in [1.29, 1.82) is 0 Å². The van der Waals surface area contributed by atoms with Crippen molar-refractivity contribution >= 4 is 23.6 Å². The Morgan fingerprint density at radius 1 is 1.09 bits per heavy atom. The molecule has 0 radical (unpaired) electrons. The first-order valence-electron chi connectivity index (χ1n) is 9.07. The van der Waals surface area contributed by atoms with Gasteiger partial charge in [-0.2, -0.15) is 23.0 Å². The lowest BCUT2D eigenvalue weighted by Crippen LogP contribution is -2.23. The third-order valence-corrected chi connectivity index (χ3v) is 4.55. The Labute approximate surface area is 189 Å². The van der Waals surface area contributed by atoms with E-state index in [0.717, 1.165) is 23.0 Å². The summed E-state index contributed by atoms with van der Waals surface area (Å²) >= 11 is 6.12. The molecule has 0 aliphatic heterocycles. The molecule has 0 saturated carbocycles. The van der Waals surface area contributed by atoms with Crippen molar-refractivity contribution < 1.29 is 32.2 Å². The Kier molecular flexibility index (Phi) is 7.02. The Morgan fingerprint density at radius 3 is 2.45 bits per heavy atom. The number of carbonyl (C=O) groups is 1. The molecule has 0 fully saturated rings. The van der Waals surface area contributed by atoms with Gasteiger partial charge in [-0.25, -0.2) is 9.78 Å². The van der Waals surface area contributed by atoms with Crippen LogP contribution in [0.2, 0.25) is 5.02 Å². The van der Waals surface area contributed by atoms with Gasteiger partial charge < -0.3 is 14.2 Å². The number of hydrogen-bond acceptors (Lipinski definition) is 7. The first-order valence-corrected chi connectivity index (χ1v) is 9.45. The largest absolute Gasteiger partial charge is 0.493 e. The fourth-order valence-electron chi connectivity index (χ4n) is 2.55. The van der Waals surface area contributed by atoms with Crippen LogP contribution >= 0.6 is 11.6 Å². The summed E-state index contributed by atoms with van der Waals surface area (Å²) < 4.78 is 54.3. The normalized spacial score (nSPS) is 11.5. The summed E-state index contributed by atoms with van der Waals surface area (Å²) in [5, 5.41) is 3.50. The standard InChI is InChI=1S/C21H15ClF3N3O5/c1-31-15-9-12(4-8-18(29)32-2)3-6-14(15)33-16-11-27-28(20(30)19(16)22)17-7-5-13(10-26-17)21(23,24)25/h3-11H,1-2H3/b8-4+. The van der Waals surface area contributed by atoms with E-state index in [4.69, 9.17) is 21.1 Å². The Bertz CT molecular complexity index is 1260. The van der Waals surface area contributed by atoms with Gasteiger partial charge in [0.2, 0.25) is 0 Å². The smallest absolute Gasteiger partial charge is 0.417 e. The number of nitrogens with zero attached hydrogens (tertiary/aromatic N) is 3. The first kappa shape index (κ1) is 23.8. The molecule has 0 bridgehead atoms. The number of hydrogen-bond donors (Lipinski definition) is 0. The zero-order chi connectivity index (χ0) is 24.2. The predicted molar refractivity (Wildman–Crippen MR) is 112 cm³/mol. The summed E-state index contributed by atoms with van der Waals surface area (Å²) in [7, 11) is 2.65. The fraction of sp³-hybridized carbons (Fsp3) is 0.143. The van der Waals surface area contributed by atoms with Gasteiger partial charge in [0.05, 0.1) is 26.0 Å². The molecule has 8 nitrogen and oxygen atoms in total. The van der Waals surface area contributed by atoms with Crippen LogP contribution in [0.3, 0.4) is 0 Å². The number of benzene rings is 1. The highest BCUT2D eigenvalue weighted by atomic mass is 35.5. The molecular formula is C21H15ClF3N3O5. The number of ether oxygens (including phenoxy) is 3. The van der Waals surface area contributed by atoms with Gasteiger partial charge in [0.25, 0.3) is 5.56 Å². The van der Waals surface area contributed by atoms with E-state index in [1.165, 1.54) is 32.4 Å². The van der Waals surface area contributed by atoms with Crippen LogP contribution in [-0.2, 0) is 15.7 Å². The van der Waals surface area contributed by atoms with Crippen molar-refractivity contribution in [2.75, 3.05) is 14.2 Å². The average Bonchev–Trinajstić information content (AvgIpc) is 2.80. The molecule has 0 spiro atoms. The lowest BCUT2D eigenvalue weighted by Gasteiger charge is -2.13. The first-order chi connectivity index (χ1) is 15.6. The minimum atomic E-state index is -4.57. The lowest BCUT2D eigenvalue weighted by atomic mass is 10.2. The second-order valence-electron chi connectivity index (χ2n) is 6.31. The molecule has 172 valence electrons. The maximum Gasteiger partial charge on any atom is 0.417 e. The SMILES string of the molecule is COC(=O)/C=C/c1ccc(Oc2cnn(-c3ccc(C(F)(F)F)cn3)c(=O)c2Cl)c(OC)c1. The summed E-state index contributed by atoms with van der Waals surface area (Å²) in [6, 6.07) is 6.48. The molecule has 0 atom stereocenters. The van der Waals surface area contributed by atoms with Gasteiger partial charge in [-0.15, -0.1) is 0 Å². The third-order valence-electron chi connectivity index (χ3n) is 4.20. The third kappa shape index (κ3) is 5.50. The number of alkyl halides is 3. The minimum absolute atomic E-state index is 0.110. The molecule has 3 rings (SSSR count). The molecule has 0 saturated heterocycles. The second-order valence-corrected chi connectivity index (χ2v) is 6.69. The van der Waals surface area contributed by atoms with Crippen molar-refractivity contribution in [3.63, 3.8) is 0 Å². The highest BCUT2D eigenvalue weighted by Crippen LogP contribution is 2.34. The maximum atomic E-state index is 12.7. The number of methoxy groups -OCH3 is 2. The monoisotopic (exact) mass is 481 g/mol. The van der Waals surface area contributed by atoms with Gasteiger partial charge in [-0.3, -0.25) is 4.79 Å². The van der Waals surface area contributed by atoms with Crippen LogP contribution in [0, 0.1) is 0 Å². The molecule has 2 heterocycles. The molecule has 0 amide bonds. The highest BCUT2D eigenvalue weighted by Gasteiger charge is 2.30. The van der Waals surface area contributed by atoms with Crippen molar-refractivity contribution in [3.05, 3.63) is 75.3 Å². The minimum Gasteiger partial charge on any atom is -0.493 e. The Balaban J connectivity index is 1.88. The zero-order valence-corrected chi connectivity index (χ0v) is 17.8. The van der Waals surface area contributed by atoms with Gasteiger partial charge in [0, 0.05) is 12.3 Å². The van der Waals surface area contributed by atoms with E-state index in [2.05, 4.69) is 14.8 Å². The van der Waals surface area contributed by atoms with Crippen LogP contribution in [-0.4, -0.2) is 35.0 Å². The number of rotatable bonds is 6. The average molecular weight is 482 g/mol. The Morgan fingerprint density at radius 2 is 1.85 bits per heavy atom. The molecule has 1 aromatic carbocycles. The quantitative estimate of drug-likeness (QED) is 0.383. The summed E-state index contributed by atoms with van der Waals surface area (Å²) in [4.78, 5) is 27.5. The van der Waals surface area contributed by atoms with Crippen LogP contribution in [0.25, 0.3) is 11.9 Å². The summed E-state index contributed by atoms with van der Waals surface area (Å²) in [6.45, 7) is 0. The van der Waals surface area contributed by atoms with Crippen molar-refractivity contribution in [2.24, 2.45) is 0 Å². The van der Waals surface area contributed by atoms with Gasteiger partial charge in [-0.05, 0) is 35.9 Å². The lowest BCUT2D eigenvalue weighted by molar-refractivity contribution is -0.138. The summed E-state index contributed by atoms with van der Waals surface area (Å²) in [5.74, 6) is -0.329. The fourth-order valence-corrected chi connectivity index (χ4v) is 2.72. The summed E-state index contributed by atoms with van der Waals surface area (Å²) in [5.41, 5.74) is -1.21. The maximum absolute atomic E-state index is 12.7. The highest BCUT2D eigenvalue weighted by molar-refractivity contribution is 6.31. The molecule has 0 N–H and O–H groups in total. The molecule has 0 unspecified atom stereocenters. The van der Waals surface area contributed by atoms with Crippen molar-refractivity contribution in [1.82, 2.24) is 14.8 Å². The predicted octanol–water partition coefficient (Wildman–Crippen LogP) is 4.29. The topological polar surface area (TPSA) is 92.5 Å². The van der Waals surface area contributed by atoms with E-state index in [9.17, 15) is 22.8 Å². The number of halogens is 4. The van der Waals surface area contributed by atoms with Crippen molar-refractivity contribution in [3.8, 4) is 23.1 Å². The van der Waals surface area contributed by atoms with E-state index >= 15 is 0 Å². The second kappa shape index (κ2) is 9.74. The summed E-state index contributed by atoms with van der Waals surface area (Å²) in [6.07, 6.45) is -0.130.